The van der Waals surface area contributed by atoms with Gasteiger partial charge in [-0.15, -0.1) is 0 Å². The highest BCUT2D eigenvalue weighted by Gasteiger charge is 2.16. The van der Waals surface area contributed by atoms with Gasteiger partial charge in [0.1, 0.15) is 0 Å². The molecule has 79 valence electrons. The molecule has 0 saturated carbocycles. The van der Waals surface area contributed by atoms with E-state index >= 15 is 0 Å². The molecule has 2 rings (SSSR count). The monoisotopic (exact) mass is 215 g/mol. The lowest BCUT2D eigenvalue weighted by Crippen LogP contribution is -2.08. The lowest BCUT2D eigenvalue weighted by Gasteiger charge is -2.03. The largest absolute Gasteiger partial charge is 0.478 e. The molecule has 0 heterocycles. The summed E-state index contributed by atoms with van der Waals surface area (Å²) in [5, 5.41) is 19.0. The quantitative estimate of drug-likeness (QED) is 0.803. The maximum absolute atomic E-state index is 10.9. The average molecular weight is 215 g/mol. The minimum absolute atomic E-state index is 0.244. The fourth-order valence-corrected chi connectivity index (χ4v) is 1.50. The first kappa shape index (κ1) is 10.2. The van der Waals surface area contributed by atoms with E-state index in [1.54, 1.807) is 24.3 Å². The molecule has 4 heteroatoms. The third-order valence-corrected chi connectivity index (χ3v) is 2.23. The highest BCUT2D eigenvalue weighted by molar-refractivity contribution is 6.05. The van der Waals surface area contributed by atoms with E-state index < -0.39 is 11.9 Å². The zero-order valence-corrected chi connectivity index (χ0v) is 8.10. The van der Waals surface area contributed by atoms with Crippen molar-refractivity contribution in [1.29, 1.82) is 0 Å². The van der Waals surface area contributed by atoms with Crippen LogP contribution in [0.1, 0.15) is 20.7 Å². The Balaban J connectivity index is 2.81. The van der Waals surface area contributed by atoms with Crippen molar-refractivity contribution >= 4 is 22.7 Å². The standard InChI is InChI=1S/C12H7O4/c13-11(14)9-5-7-3-1-2-4-8(7)6-10(9)12(15)16/h1-5H,(H,13,14)(H,15,16). The Morgan fingerprint density at radius 1 is 1.06 bits per heavy atom. The minimum Gasteiger partial charge on any atom is -0.478 e. The van der Waals surface area contributed by atoms with Crippen LogP contribution in [0.2, 0.25) is 0 Å². The third-order valence-electron chi connectivity index (χ3n) is 2.23. The van der Waals surface area contributed by atoms with Crippen molar-refractivity contribution in [2.45, 2.75) is 0 Å². The molecule has 0 fully saturated rings. The minimum atomic E-state index is -1.29. The molecule has 0 bridgehead atoms. The van der Waals surface area contributed by atoms with Crippen molar-refractivity contribution in [1.82, 2.24) is 0 Å². The lowest BCUT2D eigenvalue weighted by atomic mass is 10.0. The van der Waals surface area contributed by atoms with E-state index in [9.17, 15) is 9.59 Å². The number of benzene rings is 2. The normalized spacial score (nSPS) is 10.2. The van der Waals surface area contributed by atoms with Crippen LogP contribution in [0.5, 0.6) is 0 Å². The van der Waals surface area contributed by atoms with Crippen LogP contribution >= 0.6 is 0 Å². The summed E-state index contributed by atoms with van der Waals surface area (Å²) in [4.78, 5) is 21.8. The summed E-state index contributed by atoms with van der Waals surface area (Å²) < 4.78 is 0. The summed E-state index contributed by atoms with van der Waals surface area (Å²) in [6.07, 6.45) is 0. The van der Waals surface area contributed by atoms with Crippen molar-refractivity contribution in [2.75, 3.05) is 0 Å². The van der Waals surface area contributed by atoms with Crippen molar-refractivity contribution < 1.29 is 19.8 Å². The van der Waals surface area contributed by atoms with Gasteiger partial charge in [-0.2, -0.15) is 0 Å². The molecule has 4 nitrogen and oxygen atoms in total. The number of carbonyl (C=O) groups is 2. The van der Waals surface area contributed by atoms with Gasteiger partial charge in [0, 0.05) is 6.07 Å². The van der Waals surface area contributed by atoms with E-state index in [4.69, 9.17) is 10.2 Å². The van der Waals surface area contributed by atoms with Gasteiger partial charge in [0.2, 0.25) is 0 Å². The summed E-state index contributed by atoms with van der Waals surface area (Å²) in [6.45, 7) is 0. The average Bonchev–Trinajstić information content (AvgIpc) is 2.27. The van der Waals surface area contributed by atoms with Crippen LogP contribution in [0.3, 0.4) is 0 Å². The predicted octanol–water partition coefficient (Wildman–Crippen LogP) is 2.04. The number of rotatable bonds is 2. The topological polar surface area (TPSA) is 74.6 Å². The van der Waals surface area contributed by atoms with Gasteiger partial charge in [-0.05, 0) is 16.8 Å². The predicted molar refractivity (Wildman–Crippen MR) is 56.7 cm³/mol. The van der Waals surface area contributed by atoms with E-state index in [1.165, 1.54) is 6.07 Å². The molecule has 2 N–H and O–H groups in total. The Bertz CT molecular complexity index is 534. The van der Waals surface area contributed by atoms with Gasteiger partial charge in [0.25, 0.3) is 0 Å². The van der Waals surface area contributed by atoms with E-state index in [0.717, 1.165) is 0 Å². The smallest absolute Gasteiger partial charge is 0.337 e. The van der Waals surface area contributed by atoms with Gasteiger partial charge in [-0.25, -0.2) is 9.59 Å². The molecule has 16 heavy (non-hydrogen) atoms. The highest BCUT2D eigenvalue weighted by atomic mass is 16.4. The zero-order valence-electron chi connectivity index (χ0n) is 8.10. The second-order valence-electron chi connectivity index (χ2n) is 3.26. The Kier molecular flexibility index (Phi) is 2.32. The molecule has 0 unspecified atom stereocenters. The van der Waals surface area contributed by atoms with Crippen LogP contribution < -0.4 is 0 Å². The Labute approximate surface area is 90.8 Å². The molecule has 0 aliphatic heterocycles. The molecule has 0 aromatic heterocycles. The van der Waals surface area contributed by atoms with E-state index in [2.05, 4.69) is 6.07 Å². The van der Waals surface area contributed by atoms with Crippen molar-refractivity contribution in [3.05, 3.63) is 47.5 Å². The molecule has 0 saturated heterocycles. The highest BCUT2D eigenvalue weighted by Crippen LogP contribution is 2.19. The second-order valence-corrected chi connectivity index (χ2v) is 3.26. The molecule has 0 aliphatic carbocycles. The molecule has 0 spiro atoms. The number of fused-ring (bicyclic) bond motifs is 1. The number of hydrogen-bond acceptors (Lipinski definition) is 2. The number of hydrogen-bond donors (Lipinski definition) is 2. The van der Waals surface area contributed by atoms with Crippen molar-refractivity contribution in [2.24, 2.45) is 0 Å². The van der Waals surface area contributed by atoms with Crippen molar-refractivity contribution in [3.63, 3.8) is 0 Å². The number of aromatic carboxylic acids is 2. The molecule has 0 atom stereocenters. The molecule has 0 aliphatic rings. The molecule has 1 radical (unpaired) electrons. The molecule has 0 amide bonds. The van der Waals surface area contributed by atoms with Crippen LogP contribution in [0, 0.1) is 6.07 Å². The van der Waals surface area contributed by atoms with E-state index in [1.807, 2.05) is 0 Å². The van der Waals surface area contributed by atoms with E-state index in [-0.39, 0.29) is 11.1 Å². The number of carboxylic acid groups (broad SMARTS) is 2. The lowest BCUT2D eigenvalue weighted by molar-refractivity contribution is 0.0651. The van der Waals surface area contributed by atoms with E-state index in [0.29, 0.717) is 10.8 Å². The number of carboxylic acids is 2. The molecular formula is C12H7O4. The van der Waals surface area contributed by atoms with Crippen LogP contribution in [-0.2, 0) is 0 Å². The Morgan fingerprint density at radius 3 is 2.38 bits per heavy atom. The summed E-state index contributed by atoms with van der Waals surface area (Å²) >= 11 is 0. The third kappa shape index (κ3) is 1.61. The molecule has 2 aromatic rings. The van der Waals surface area contributed by atoms with Gasteiger partial charge < -0.3 is 10.2 Å². The maximum atomic E-state index is 10.9. The van der Waals surface area contributed by atoms with Crippen LogP contribution in [0.15, 0.2) is 30.3 Å². The van der Waals surface area contributed by atoms with Crippen LogP contribution in [0.4, 0.5) is 0 Å². The second kappa shape index (κ2) is 3.66. The Morgan fingerprint density at radius 2 is 1.75 bits per heavy atom. The SMILES string of the molecule is O=C(O)c1[c]c2ccccc2cc1C(=O)O. The first-order chi connectivity index (χ1) is 7.59. The van der Waals surface area contributed by atoms with Crippen LogP contribution in [-0.4, -0.2) is 22.2 Å². The van der Waals surface area contributed by atoms with Crippen LogP contribution in [0.25, 0.3) is 10.8 Å². The van der Waals surface area contributed by atoms with Gasteiger partial charge in [-0.3, -0.25) is 0 Å². The zero-order chi connectivity index (χ0) is 11.7. The molecule has 2 aromatic carbocycles. The first-order valence-corrected chi connectivity index (χ1v) is 4.51. The Hall–Kier alpha value is -2.36. The summed E-state index contributed by atoms with van der Waals surface area (Å²) in [6, 6.07) is 10.8. The van der Waals surface area contributed by atoms with Crippen molar-refractivity contribution in [3.8, 4) is 0 Å². The summed E-state index contributed by atoms with van der Waals surface area (Å²) in [7, 11) is 0. The fourth-order valence-electron chi connectivity index (χ4n) is 1.50. The van der Waals surface area contributed by atoms with Gasteiger partial charge in [0.15, 0.2) is 0 Å². The van der Waals surface area contributed by atoms with Gasteiger partial charge >= 0.3 is 11.9 Å². The maximum Gasteiger partial charge on any atom is 0.337 e. The fraction of sp³-hybridized carbons (Fsp3) is 0. The first-order valence-electron chi connectivity index (χ1n) is 4.51. The molecular weight excluding hydrogens is 208 g/mol. The summed E-state index contributed by atoms with van der Waals surface area (Å²) in [5.41, 5.74) is -0.558. The summed E-state index contributed by atoms with van der Waals surface area (Å²) in [5.74, 6) is -2.55. The van der Waals surface area contributed by atoms with Gasteiger partial charge in [-0.1, -0.05) is 24.3 Å². The van der Waals surface area contributed by atoms with Gasteiger partial charge in [0.05, 0.1) is 11.1 Å².